The summed E-state index contributed by atoms with van der Waals surface area (Å²) in [6.07, 6.45) is 8.01. The summed E-state index contributed by atoms with van der Waals surface area (Å²) in [6.45, 7) is 3.38. The van der Waals surface area contributed by atoms with E-state index in [9.17, 15) is 0 Å². The molecule has 18 heavy (non-hydrogen) atoms. The van der Waals surface area contributed by atoms with Crippen LogP contribution < -0.4 is 5.32 Å². The lowest BCUT2D eigenvalue weighted by Gasteiger charge is -2.25. The Bertz CT molecular complexity index is 542. The zero-order valence-electron chi connectivity index (χ0n) is 10.4. The monoisotopic (exact) mass is 305 g/mol. The first-order valence-corrected chi connectivity index (χ1v) is 7.02. The zero-order chi connectivity index (χ0) is 12.6. The van der Waals surface area contributed by atoms with Crippen LogP contribution in [0.15, 0.2) is 41.4 Å². The first-order chi connectivity index (χ1) is 8.69. The molecule has 1 atom stereocenters. The first-order valence-electron chi connectivity index (χ1n) is 6.22. The van der Waals surface area contributed by atoms with Crippen molar-refractivity contribution in [3.05, 3.63) is 47.0 Å². The number of nitrogens with zero attached hydrogens (tertiary/aromatic N) is 2. The van der Waals surface area contributed by atoms with Gasteiger partial charge in [0.2, 0.25) is 0 Å². The molecular weight excluding hydrogens is 290 g/mol. The highest BCUT2D eigenvalue weighted by atomic mass is 79.9. The van der Waals surface area contributed by atoms with Gasteiger partial charge in [0.25, 0.3) is 0 Å². The summed E-state index contributed by atoms with van der Waals surface area (Å²) in [5.74, 6) is 0. The highest BCUT2D eigenvalue weighted by molar-refractivity contribution is 9.10. The number of hydrogen-bond acceptors (Lipinski definition) is 2. The predicted octanol–water partition coefficient (Wildman–Crippen LogP) is 3.23. The average Bonchev–Trinajstić information content (AvgIpc) is 3.00. The van der Waals surface area contributed by atoms with Crippen LogP contribution >= 0.6 is 15.9 Å². The maximum absolute atomic E-state index is 4.08. The molecule has 2 aromatic rings. The van der Waals surface area contributed by atoms with Crippen molar-refractivity contribution in [1.82, 2.24) is 14.9 Å². The van der Waals surface area contributed by atoms with Crippen molar-refractivity contribution in [2.75, 3.05) is 6.54 Å². The Morgan fingerprint density at radius 1 is 1.44 bits per heavy atom. The highest BCUT2D eigenvalue weighted by Crippen LogP contribution is 2.33. The van der Waals surface area contributed by atoms with Crippen molar-refractivity contribution < 1.29 is 0 Å². The van der Waals surface area contributed by atoms with Crippen LogP contribution in [0.3, 0.4) is 0 Å². The number of nitrogens with one attached hydrogen (secondary N) is 1. The van der Waals surface area contributed by atoms with Crippen LogP contribution in [-0.2, 0) is 5.54 Å². The van der Waals surface area contributed by atoms with E-state index >= 15 is 0 Å². The molecule has 0 saturated carbocycles. The summed E-state index contributed by atoms with van der Waals surface area (Å²) in [5, 5.41) is 3.59. The summed E-state index contributed by atoms with van der Waals surface area (Å²) in [4.78, 5) is 4.08. The lowest BCUT2D eigenvalue weighted by atomic mass is 9.90. The van der Waals surface area contributed by atoms with Gasteiger partial charge in [-0.15, -0.1) is 0 Å². The summed E-state index contributed by atoms with van der Waals surface area (Å²) in [6, 6.07) is 6.57. The van der Waals surface area contributed by atoms with Crippen LogP contribution in [-0.4, -0.2) is 16.1 Å². The second-order valence-corrected chi connectivity index (χ2v) is 5.85. The fourth-order valence-corrected chi connectivity index (χ4v) is 3.19. The van der Waals surface area contributed by atoms with Crippen LogP contribution in [0.4, 0.5) is 0 Å². The van der Waals surface area contributed by atoms with Gasteiger partial charge in [0.1, 0.15) is 0 Å². The van der Waals surface area contributed by atoms with Crippen molar-refractivity contribution in [1.29, 1.82) is 0 Å². The summed E-state index contributed by atoms with van der Waals surface area (Å²) in [7, 11) is 0. The number of aromatic nitrogens is 2. The van der Waals surface area contributed by atoms with Crippen molar-refractivity contribution in [3.63, 3.8) is 0 Å². The molecule has 1 unspecified atom stereocenters. The molecule has 0 bridgehead atoms. The molecule has 1 fully saturated rings. The minimum Gasteiger partial charge on any atom is -0.308 e. The lowest BCUT2D eigenvalue weighted by molar-refractivity contribution is 0.434. The Morgan fingerprint density at radius 2 is 2.33 bits per heavy atom. The topological polar surface area (TPSA) is 29.9 Å². The number of halogens is 1. The Kier molecular flexibility index (Phi) is 2.99. The number of benzene rings is 1. The van der Waals surface area contributed by atoms with E-state index in [-0.39, 0.29) is 5.54 Å². The molecule has 1 aromatic heterocycles. The van der Waals surface area contributed by atoms with E-state index in [0.29, 0.717) is 0 Å². The summed E-state index contributed by atoms with van der Waals surface area (Å²) < 4.78 is 3.12. The van der Waals surface area contributed by atoms with Crippen molar-refractivity contribution in [2.24, 2.45) is 0 Å². The van der Waals surface area contributed by atoms with E-state index < -0.39 is 0 Å². The van der Waals surface area contributed by atoms with E-state index in [1.165, 1.54) is 18.4 Å². The SMILES string of the molecule is CC1(c2ccc(-n3ccnc3)c(Br)c2)CCCN1. The molecule has 4 heteroatoms. The highest BCUT2D eigenvalue weighted by Gasteiger charge is 2.30. The van der Waals surface area contributed by atoms with Crippen LogP contribution in [0.1, 0.15) is 25.3 Å². The number of hydrogen-bond donors (Lipinski definition) is 1. The molecule has 1 aromatic carbocycles. The van der Waals surface area contributed by atoms with E-state index in [1.54, 1.807) is 6.20 Å². The molecule has 0 spiro atoms. The average molecular weight is 306 g/mol. The van der Waals surface area contributed by atoms with Gasteiger partial charge in [-0.3, -0.25) is 0 Å². The Labute approximate surface area is 115 Å². The molecular formula is C14H16BrN3. The second-order valence-electron chi connectivity index (χ2n) is 5.00. The van der Waals surface area contributed by atoms with Gasteiger partial charge in [-0.25, -0.2) is 4.98 Å². The van der Waals surface area contributed by atoms with Gasteiger partial charge in [0.05, 0.1) is 12.0 Å². The number of rotatable bonds is 2. The molecule has 0 aliphatic carbocycles. The third-order valence-electron chi connectivity index (χ3n) is 3.74. The molecule has 1 aliphatic rings. The maximum Gasteiger partial charge on any atom is 0.0992 e. The minimum atomic E-state index is 0.121. The maximum atomic E-state index is 4.08. The smallest absolute Gasteiger partial charge is 0.0992 e. The van der Waals surface area contributed by atoms with Crippen molar-refractivity contribution in [2.45, 2.75) is 25.3 Å². The molecule has 1 saturated heterocycles. The van der Waals surface area contributed by atoms with Gasteiger partial charge in [-0.2, -0.15) is 0 Å². The predicted molar refractivity (Wildman–Crippen MR) is 75.9 cm³/mol. The number of imidazole rings is 1. The fourth-order valence-electron chi connectivity index (χ4n) is 2.60. The normalized spacial score (nSPS) is 23.4. The van der Waals surface area contributed by atoms with Gasteiger partial charge < -0.3 is 9.88 Å². The van der Waals surface area contributed by atoms with Crippen LogP contribution in [0.25, 0.3) is 5.69 Å². The van der Waals surface area contributed by atoms with Crippen molar-refractivity contribution >= 4 is 15.9 Å². The first kappa shape index (κ1) is 11.9. The lowest BCUT2D eigenvalue weighted by Crippen LogP contribution is -2.33. The standard InChI is InChI=1S/C14H16BrN3/c1-14(5-2-6-17-14)11-3-4-13(12(15)9-11)18-8-7-16-10-18/h3-4,7-10,17H,2,5-6H2,1H3. The zero-order valence-corrected chi connectivity index (χ0v) is 11.9. The fraction of sp³-hybridized carbons (Fsp3) is 0.357. The molecule has 3 nitrogen and oxygen atoms in total. The molecule has 94 valence electrons. The van der Waals surface area contributed by atoms with E-state index in [2.05, 4.69) is 51.4 Å². The Balaban J connectivity index is 1.99. The molecule has 3 rings (SSSR count). The van der Waals surface area contributed by atoms with E-state index in [1.807, 2.05) is 17.1 Å². The molecule has 0 amide bonds. The molecule has 1 aliphatic heterocycles. The molecule has 2 heterocycles. The van der Waals surface area contributed by atoms with Gasteiger partial charge in [-0.05, 0) is 59.9 Å². The van der Waals surface area contributed by atoms with E-state index in [4.69, 9.17) is 0 Å². The minimum absolute atomic E-state index is 0.121. The van der Waals surface area contributed by atoms with Crippen LogP contribution in [0.5, 0.6) is 0 Å². The summed E-state index contributed by atoms with van der Waals surface area (Å²) in [5.41, 5.74) is 2.59. The van der Waals surface area contributed by atoms with Crippen LogP contribution in [0, 0.1) is 0 Å². The summed E-state index contributed by atoms with van der Waals surface area (Å²) >= 11 is 3.66. The third kappa shape index (κ3) is 1.99. The molecule has 0 radical (unpaired) electrons. The van der Waals surface area contributed by atoms with Gasteiger partial charge >= 0.3 is 0 Å². The van der Waals surface area contributed by atoms with Gasteiger partial charge in [-0.1, -0.05) is 6.07 Å². The Hall–Kier alpha value is -1.13. The van der Waals surface area contributed by atoms with E-state index in [0.717, 1.165) is 16.7 Å². The Morgan fingerprint density at radius 3 is 2.94 bits per heavy atom. The van der Waals surface area contributed by atoms with Gasteiger partial charge in [0.15, 0.2) is 0 Å². The van der Waals surface area contributed by atoms with Crippen LogP contribution in [0.2, 0.25) is 0 Å². The quantitative estimate of drug-likeness (QED) is 0.923. The van der Waals surface area contributed by atoms with Gasteiger partial charge in [0, 0.05) is 22.4 Å². The molecule has 1 N–H and O–H groups in total. The van der Waals surface area contributed by atoms with Crippen molar-refractivity contribution in [3.8, 4) is 5.69 Å². The third-order valence-corrected chi connectivity index (χ3v) is 4.37. The largest absolute Gasteiger partial charge is 0.308 e. The second kappa shape index (κ2) is 4.52.